The summed E-state index contributed by atoms with van der Waals surface area (Å²) in [7, 11) is 0. The molecule has 156 valence electrons. The molecule has 2 heterocycles. The summed E-state index contributed by atoms with van der Waals surface area (Å²) in [5.74, 6) is -1.32. The van der Waals surface area contributed by atoms with Gasteiger partial charge in [0.1, 0.15) is 0 Å². The molecule has 1 fully saturated rings. The summed E-state index contributed by atoms with van der Waals surface area (Å²) in [6.07, 6.45) is -2.05. The third-order valence-corrected chi connectivity index (χ3v) is 5.73. The lowest BCUT2D eigenvalue weighted by molar-refractivity contribution is -0.143. The number of para-hydroxylation sites is 1. The van der Waals surface area contributed by atoms with Crippen molar-refractivity contribution in [2.45, 2.75) is 25.1 Å². The number of hydrogen-bond acceptors (Lipinski definition) is 3. The van der Waals surface area contributed by atoms with Crippen molar-refractivity contribution in [2.75, 3.05) is 13.1 Å². The molecule has 4 rings (SSSR count). The van der Waals surface area contributed by atoms with Crippen molar-refractivity contribution >= 4 is 16.9 Å². The minimum absolute atomic E-state index is 0.163. The van der Waals surface area contributed by atoms with Crippen LogP contribution in [0.5, 0.6) is 0 Å². The number of pyridine rings is 1. The normalized spacial score (nSPS) is 17.2. The van der Waals surface area contributed by atoms with Gasteiger partial charge >= 0.3 is 12.1 Å². The van der Waals surface area contributed by atoms with Gasteiger partial charge in [-0.3, -0.25) is 14.7 Å². The first kappa shape index (κ1) is 20.3. The lowest BCUT2D eigenvalue weighted by Crippen LogP contribution is -2.39. The standard InChI is InChI=1S/C23H21F3N2O2/c24-23(25,26)19-7-3-2-6-18(19)21(28-11-9-15(10-12-28)22(29)30)17-13-16-5-1-4-8-20(16)27-14-17/h1-8,13-15,21H,9-12H2,(H,29,30). The van der Waals surface area contributed by atoms with E-state index >= 15 is 0 Å². The largest absolute Gasteiger partial charge is 0.481 e. The molecule has 0 aliphatic carbocycles. The quantitative estimate of drug-likeness (QED) is 0.642. The number of rotatable bonds is 4. The van der Waals surface area contributed by atoms with Crippen molar-refractivity contribution in [1.82, 2.24) is 9.88 Å². The van der Waals surface area contributed by atoms with Crippen LogP contribution in [-0.4, -0.2) is 34.0 Å². The molecular weight excluding hydrogens is 393 g/mol. The first-order valence-corrected chi connectivity index (χ1v) is 9.82. The molecule has 30 heavy (non-hydrogen) atoms. The molecule has 3 aromatic rings. The van der Waals surface area contributed by atoms with E-state index in [1.165, 1.54) is 12.1 Å². The predicted molar refractivity (Wildman–Crippen MR) is 107 cm³/mol. The molecule has 0 radical (unpaired) electrons. The Hall–Kier alpha value is -2.93. The molecule has 1 unspecified atom stereocenters. The molecule has 0 spiro atoms. The number of fused-ring (bicyclic) bond motifs is 1. The van der Waals surface area contributed by atoms with Crippen LogP contribution >= 0.6 is 0 Å². The summed E-state index contributed by atoms with van der Waals surface area (Å²) in [6, 6.07) is 14.3. The van der Waals surface area contributed by atoms with Gasteiger partial charge < -0.3 is 5.11 Å². The Kier molecular flexibility index (Phi) is 5.47. The lowest BCUT2D eigenvalue weighted by Gasteiger charge is -2.38. The zero-order chi connectivity index (χ0) is 21.3. The average molecular weight is 414 g/mol. The van der Waals surface area contributed by atoms with Crippen molar-refractivity contribution in [3.8, 4) is 0 Å². The summed E-state index contributed by atoms with van der Waals surface area (Å²) in [5.41, 5.74) is 0.923. The molecule has 2 aromatic carbocycles. The molecule has 1 saturated heterocycles. The molecule has 1 N–H and O–H groups in total. The van der Waals surface area contributed by atoms with Crippen molar-refractivity contribution in [2.24, 2.45) is 5.92 Å². The van der Waals surface area contributed by atoms with E-state index in [1.807, 2.05) is 35.2 Å². The Morgan fingerprint density at radius 2 is 1.73 bits per heavy atom. The van der Waals surface area contributed by atoms with Gasteiger partial charge in [-0.15, -0.1) is 0 Å². The highest BCUT2D eigenvalue weighted by Crippen LogP contribution is 2.40. The summed E-state index contributed by atoms with van der Waals surface area (Å²) in [6.45, 7) is 0.807. The second-order valence-electron chi connectivity index (χ2n) is 7.60. The number of alkyl halides is 3. The van der Waals surface area contributed by atoms with Gasteiger partial charge in [0.05, 0.1) is 23.0 Å². The van der Waals surface area contributed by atoms with Gasteiger partial charge in [-0.2, -0.15) is 13.2 Å². The van der Waals surface area contributed by atoms with E-state index in [1.54, 1.807) is 12.3 Å². The second-order valence-corrected chi connectivity index (χ2v) is 7.60. The lowest BCUT2D eigenvalue weighted by atomic mass is 9.89. The number of aliphatic carboxylic acids is 1. The van der Waals surface area contributed by atoms with Crippen molar-refractivity contribution in [3.63, 3.8) is 0 Å². The third kappa shape index (κ3) is 4.03. The Balaban J connectivity index is 1.81. The number of hydrogen-bond donors (Lipinski definition) is 1. The van der Waals surface area contributed by atoms with Crippen molar-refractivity contribution in [1.29, 1.82) is 0 Å². The zero-order valence-corrected chi connectivity index (χ0v) is 16.1. The number of likely N-dealkylation sites (tertiary alicyclic amines) is 1. The number of aromatic nitrogens is 1. The minimum atomic E-state index is -4.49. The Morgan fingerprint density at radius 1 is 1.07 bits per heavy atom. The highest BCUT2D eigenvalue weighted by Gasteiger charge is 2.38. The van der Waals surface area contributed by atoms with Crippen molar-refractivity contribution in [3.05, 3.63) is 77.5 Å². The van der Waals surface area contributed by atoms with E-state index in [9.17, 15) is 23.1 Å². The first-order chi connectivity index (χ1) is 14.3. The van der Waals surface area contributed by atoms with Crippen LogP contribution in [0.25, 0.3) is 10.9 Å². The van der Waals surface area contributed by atoms with Crippen LogP contribution in [0, 0.1) is 5.92 Å². The molecule has 7 heteroatoms. The van der Waals surface area contributed by atoms with Crippen LogP contribution in [0.3, 0.4) is 0 Å². The molecule has 1 aliphatic rings. The number of nitrogens with zero attached hydrogens (tertiary/aromatic N) is 2. The van der Waals surface area contributed by atoms with E-state index in [0.29, 0.717) is 31.5 Å². The number of benzene rings is 2. The number of halogens is 3. The molecule has 4 nitrogen and oxygen atoms in total. The molecule has 0 amide bonds. The molecule has 0 saturated carbocycles. The van der Waals surface area contributed by atoms with Gasteiger partial charge in [-0.1, -0.05) is 36.4 Å². The molecule has 0 bridgehead atoms. The van der Waals surface area contributed by atoms with Crippen molar-refractivity contribution < 1.29 is 23.1 Å². The van der Waals surface area contributed by atoms with Crippen LogP contribution in [0.4, 0.5) is 13.2 Å². The number of carbonyl (C=O) groups is 1. The summed E-state index contributed by atoms with van der Waals surface area (Å²) in [5, 5.41) is 10.1. The van der Waals surface area contributed by atoms with Gasteiger partial charge in [0.2, 0.25) is 0 Å². The second kappa shape index (κ2) is 8.07. The van der Waals surface area contributed by atoms with Crippen LogP contribution in [0.1, 0.15) is 35.6 Å². The van der Waals surface area contributed by atoms with Crippen LogP contribution in [0.2, 0.25) is 0 Å². The summed E-state index contributed by atoms with van der Waals surface area (Å²) >= 11 is 0. The molecule has 1 atom stereocenters. The Bertz CT molecular complexity index is 1060. The van der Waals surface area contributed by atoms with E-state index in [-0.39, 0.29) is 5.56 Å². The van der Waals surface area contributed by atoms with Gasteiger partial charge in [0.25, 0.3) is 0 Å². The fraction of sp³-hybridized carbons (Fsp3) is 0.304. The highest BCUT2D eigenvalue weighted by atomic mass is 19.4. The van der Waals surface area contributed by atoms with Gasteiger partial charge in [-0.05, 0) is 55.3 Å². The Morgan fingerprint density at radius 3 is 2.43 bits per heavy atom. The summed E-state index contributed by atoms with van der Waals surface area (Å²) in [4.78, 5) is 17.7. The summed E-state index contributed by atoms with van der Waals surface area (Å²) < 4.78 is 41.4. The highest BCUT2D eigenvalue weighted by molar-refractivity contribution is 5.79. The molecular formula is C23H21F3N2O2. The average Bonchev–Trinajstić information content (AvgIpc) is 2.74. The maximum atomic E-state index is 13.8. The smallest absolute Gasteiger partial charge is 0.416 e. The maximum Gasteiger partial charge on any atom is 0.416 e. The predicted octanol–water partition coefficient (Wildman–Crippen LogP) is 5.14. The van der Waals surface area contributed by atoms with Crippen LogP contribution < -0.4 is 0 Å². The zero-order valence-electron chi connectivity index (χ0n) is 16.1. The van der Waals surface area contributed by atoms with Gasteiger partial charge in [-0.25, -0.2) is 0 Å². The topological polar surface area (TPSA) is 53.4 Å². The first-order valence-electron chi connectivity index (χ1n) is 9.82. The van der Waals surface area contributed by atoms with Gasteiger partial charge in [0, 0.05) is 11.6 Å². The fourth-order valence-corrected chi connectivity index (χ4v) is 4.22. The van der Waals surface area contributed by atoms with Gasteiger partial charge in [0.15, 0.2) is 0 Å². The van der Waals surface area contributed by atoms with E-state index in [0.717, 1.165) is 17.0 Å². The SMILES string of the molecule is O=C(O)C1CCN(C(c2cnc3ccccc3c2)c2ccccc2C(F)(F)F)CC1. The number of carboxylic acids is 1. The van der Waals surface area contributed by atoms with Crippen LogP contribution in [0.15, 0.2) is 60.8 Å². The van der Waals surface area contributed by atoms with E-state index in [2.05, 4.69) is 4.98 Å². The minimum Gasteiger partial charge on any atom is -0.481 e. The number of piperidine rings is 1. The third-order valence-electron chi connectivity index (χ3n) is 5.73. The van der Waals surface area contributed by atoms with E-state index in [4.69, 9.17) is 0 Å². The number of carboxylic acid groups (broad SMARTS) is 1. The van der Waals surface area contributed by atoms with E-state index < -0.39 is 29.7 Å². The monoisotopic (exact) mass is 414 g/mol. The maximum absolute atomic E-state index is 13.8. The Labute approximate surface area is 172 Å². The van der Waals surface area contributed by atoms with Crippen LogP contribution in [-0.2, 0) is 11.0 Å². The molecule has 1 aromatic heterocycles. The molecule has 1 aliphatic heterocycles. The fourth-order valence-electron chi connectivity index (χ4n) is 4.22.